The van der Waals surface area contributed by atoms with Gasteiger partial charge in [0.05, 0.1) is 12.7 Å². The van der Waals surface area contributed by atoms with Crippen LogP contribution in [0.1, 0.15) is 19.8 Å². The fraction of sp³-hybridized carbons (Fsp3) is 0.500. The molecule has 3 aromatic rings. The van der Waals surface area contributed by atoms with Gasteiger partial charge in [-0.1, -0.05) is 11.6 Å². The van der Waals surface area contributed by atoms with Gasteiger partial charge in [0.2, 0.25) is 5.95 Å². The summed E-state index contributed by atoms with van der Waals surface area (Å²) in [5.41, 5.74) is 13.3. The summed E-state index contributed by atoms with van der Waals surface area (Å²) < 4.78 is 7.37. The number of anilines is 2. The lowest BCUT2D eigenvalue weighted by atomic mass is 9.73. The van der Waals surface area contributed by atoms with Crippen molar-refractivity contribution in [2.75, 3.05) is 30.3 Å². The van der Waals surface area contributed by atoms with Crippen LogP contribution in [0.4, 0.5) is 11.8 Å². The van der Waals surface area contributed by atoms with E-state index in [0.29, 0.717) is 40.7 Å². The average molecular weight is 445 g/mol. The van der Waals surface area contributed by atoms with Crippen molar-refractivity contribution in [2.24, 2.45) is 18.2 Å². The van der Waals surface area contributed by atoms with Crippen molar-refractivity contribution in [1.82, 2.24) is 24.7 Å². The first-order valence-corrected chi connectivity index (χ1v) is 10.7. The number of hydrogen-bond donors (Lipinski definition) is 3. The van der Waals surface area contributed by atoms with Gasteiger partial charge in [-0.2, -0.15) is 10.1 Å². The Hall–Kier alpha value is -2.69. The minimum Gasteiger partial charge on any atom is -0.384 e. The van der Waals surface area contributed by atoms with Gasteiger partial charge in [-0.05, 0) is 31.9 Å². The van der Waals surface area contributed by atoms with Crippen LogP contribution in [0, 0.1) is 5.41 Å². The summed E-state index contributed by atoms with van der Waals surface area (Å²) in [6.45, 7) is 4.23. The highest BCUT2D eigenvalue weighted by atomic mass is 35.5. The molecule has 164 valence electrons. The number of ether oxygens (including phenoxy) is 1. The molecule has 0 radical (unpaired) electrons. The fourth-order valence-corrected chi connectivity index (χ4v) is 5.03. The third-order valence-electron chi connectivity index (χ3n) is 6.79. The van der Waals surface area contributed by atoms with Crippen molar-refractivity contribution in [3.63, 3.8) is 0 Å². The van der Waals surface area contributed by atoms with Gasteiger partial charge in [0.1, 0.15) is 22.1 Å². The fourth-order valence-electron chi connectivity index (χ4n) is 4.78. The Morgan fingerprint density at radius 1 is 1.29 bits per heavy atom. The molecule has 3 aromatic heterocycles. The van der Waals surface area contributed by atoms with Gasteiger partial charge in [-0.15, -0.1) is 0 Å². The third-order valence-corrected chi connectivity index (χ3v) is 7.08. The molecular weight excluding hydrogens is 420 g/mol. The summed E-state index contributed by atoms with van der Waals surface area (Å²) in [6, 6.07) is 3.35. The minimum absolute atomic E-state index is 0.00105. The van der Waals surface area contributed by atoms with Crippen LogP contribution < -0.4 is 21.9 Å². The van der Waals surface area contributed by atoms with E-state index in [-0.39, 0.29) is 28.3 Å². The second-order valence-electron chi connectivity index (χ2n) is 8.54. The van der Waals surface area contributed by atoms with Crippen molar-refractivity contribution in [3.8, 4) is 11.3 Å². The van der Waals surface area contributed by atoms with Gasteiger partial charge in [0.15, 0.2) is 5.65 Å². The lowest BCUT2D eigenvalue weighted by Crippen LogP contribution is -2.51. The predicted molar refractivity (Wildman–Crippen MR) is 119 cm³/mol. The maximum atomic E-state index is 13.3. The number of pyridine rings is 1. The molecule has 5 heterocycles. The lowest BCUT2D eigenvalue weighted by Gasteiger charge is -2.41. The molecular formula is C20H25ClN8O2. The molecule has 5 N–H and O–H groups in total. The monoisotopic (exact) mass is 444 g/mol. The molecule has 2 atom stereocenters. The molecule has 2 aliphatic rings. The van der Waals surface area contributed by atoms with E-state index in [9.17, 15) is 4.79 Å². The second-order valence-corrected chi connectivity index (χ2v) is 8.90. The molecule has 5 rings (SSSR count). The van der Waals surface area contributed by atoms with Crippen molar-refractivity contribution >= 4 is 34.4 Å². The summed E-state index contributed by atoms with van der Waals surface area (Å²) >= 11 is 6.24. The molecule has 0 saturated carbocycles. The number of nitrogens with two attached hydrogens (primary N) is 2. The van der Waals surface area contributed by atoms with E-state index in [1.54, 1.807) is 23.7 Å². The summed E-state index contributed by atoms with van der Waals surface area (Å²) in [5.74, 6) is 0.899. The van der Waals surface area contributed by atoms with Crippen LogP contribution in [0.3, 0.4) is 0 Å². The predicted octanol–water partition coefficient (Wildman–Crippen LogP) is 1.29. The zero-order valence-electron chi connectivity index (χ0n) is 17.4. The van der Waals surface area contributed by atoms with Crippen LogP contribution in [-0.4, -0.2) is 56.6 Å². The van der Waals surface area contributed by atoms with Gasteiger partial charge in [-0.25, -0.2) is 4.98 Å². The van der Waals surface area contributed by atoms with E-state index in [4.69, 9.17) is 32.8 Å². The van der Waals surface area contributed by atoms with E-state index in [2.05, 4.69) is 20.1 Å². The second kappa shape index (κ2) is 7.18. The lowest BCUT2D eigenvalue weighted by molar-refractivity contribution is 0.0973. The first-order chi connectivity index (χ1) is 14.8. The zero-order valence-corrected chi connectivity index (χ0v) is 18.2. The smallest absolute Gasteiger partial charge is 0.266 e. The van der Waals surface area contributed by atoms with Crippen LogP contribution >= 0.6 is 11.6 Å². The summed E-state index contributed by atoms with van der Waals surface area (Å²) in [7, 11) is 1.72. The number of aromatic amines is 1. The van der Waals surface area contributed by atoms with Crippen molar-refractivity contribution < 1.29 is 4.74 Å². The number of nitrogens with zero attached hydrogens (tertiary/aromatic N) is 5. The van der Waals surface area contributed by atoms with Gasteiger partial charge in [-0.3, -0.25) is 14.5 Å². The van der Waals surface area contributed by atoms with E-state index in [1.165, 1.54) is 0 Å². The van der Waals surface area contributed by atoms with E-state index in [1.807, 2.05) is 6.92 Å². The molecule has 11 heteroatoms. The van der Waals surface area contributed by atoms with Crippen LogP contribution in [0.15, 0.2) is 16.9 Å². The quantitative estimate of drug-likeness (QED) is 0.502. The maximum absolute atomic E-state index is 13.3. The van der Waals surface area contributed by atoms with Crippen LogP contribution in [0.25, 0.3) is 22.3 Å². The first-order valence-electron chi connectivity index (χ1n) is 10.3. The number of hydrogen-bond acceptors (Lipinski definition) is 8. The standard InChI is InChI=1S/C20H25ClN8O2/c1-10-15(23)20(9-31-10)5-7-29(8-6-20)19-25-17-13(18(30)28(19)2)14(26-27-17)11-3-4-12(22)24-16(11)21/h3-4,10,15H,5-9,23H2,1-2H3,(H2,22,24)(H,26,27)/t10-,15+/m0/s1. The van der Waals surface area contributed by atoms with Gasteiger partial charge >= 0.3 is 0 Å². The molecule has 0 unspecified atom stereocenters. The van der Waals surface area contributed by atoms with Crippen molar-refractivity contribution in [1.29, 1.82) is 0 Å². The largest absolute Gasteiger partial charge is 0.384 e. The molecule has 10 nitrogen and oxygen atoms in total. The van der Waals surface area contributed by atoms with Crippen LogP contribution in [0.5, 0.6) is 0 Å². The molecule has 1 spiro atoms. The topological polar surface area (TPSA) is 141 Å². The number of piperidine rings is 1. The van der Waals surface area contributed by atoms with E-state index >= 15 is 0 Å². The number of nitrogens with one attached hydrogen (secondary N) is 1. The molecule has 2 saturated heterocycles. The summed E-state index contributed by atoms with van der Waals surface area (Å²) in [6.07, 6.45) is 1.87. The molecule has 0 aromatic carbocycles. The third kappa shape index (κ3) is 3.08. The Labute approximate surface area is 183 Å². The number of rotatable bonds is 2. The highest BCUT2D eigenvalue weighted by Gasteiger charge is 2.47. The van der Waals surface area contributed by atoms with Gasteiger partial charge in [0, 0.05) is 37.2 Å². The molecule has 0 aliphatic carbocycles. The van der Waals surface area contributed by atoms with Crippen LogP contribution in [0.2, 0.25) is 5.15 Å². The number of aromatic nitrogens is 5. The number of halogens is 1. The Balaban J connectivity index is 1.50. The normalized spacial score (nSPS) is 23.2. The number of fused-ring (bicyclic) bond motifs is 1. The maximum Gasteiger partial charge on any atom is 0.266 e. The Morgan fingerprint density at radius 3 is 2.68 bits per heavy atom. The Bertz CT molecular complexity index is 1210. The Morgan fingerprint density at radius 2 is 2.03 bits per heavy atom. The number of nitrogen functional groups attached to an aromatic ring is 1. The van der Waals surface area contributed by atoms with Crippen LogP contribution in [-0.2, 0) is 11.8 Å². The number of H-pyrrole nitrogens is 1. The minimum atomic E-state index is -0.202. The van der Waals surface area contributed by atoms with Gasteiger partial charge in [0.25, 0.3) is 5.56 Å². The molecule has 31 heavy (non-hydrogen) atoms. The van der Waals surface area contributed by atoms with Crippen molar-refractivity contribution in [3.05, 3.63) is 27.6 Å². The average Bonchev–Trinajstić information content (AvgIpc) is 3.29. The summed E-state index contributed by atoms with van der Waals surface area (Å²) in [4.78, 5) is 24.2. The van der Waals surface area contributed by atoms with Gasteiger partial charge < -0.3 is 21.1 Å². The molecule has 0 bridgehead atoms. The van der Waals surface area contributed by atoms with E-state index in [0.717, 1.165) is 25.9 Å². The highest BCUT2D eigenvalue weighted by molar-refractivity contribution is 6.32. The Kier molecular flexibility index (Phi) is 4.68. The van der Waals surface area contributed by atoms with E-state index < -0.39 is 0 Å². The molecule has 0 amide bonds. The summed E-state index contributed by atoms with van der Waals surface area (Å²) in [5, 5.41) is 7.74. The zero-order chi connectivity index (χ0) is 21.9. The molecule has 2 fully saturated rings. The first kappa shape index (κ1) is 20.2. The highest BCUT2D eigenvalue weighted by Crippen LogP contribution is 2.41. The SMILES string of the molecule is C[C@@H]1OCC2(CCN(c3nc4[nH]nc(-c5ccc(N)nc5Cl)c4c(=O)n3C)CC2)[C@@H]1N. The molecule has 2 aliphatic heterocycles. The van der Waals surface area contributed by atoms with Crippen molar-refractivity contribution in [2.45, 2.75) is 31.9 Å².